The molecule has 29 heavy (non-hydrogen) atoms. The molecule has 1 saturated heterocycles. The fraction of sp³-hybridized carbons (Fsp3) is 0.579. The summed E-state index contributed by atoms with van der Waals surface area (Å²) in [4.78, 5) is 19.1. The number of carbonyl (C=O) groups excluding carboxylic acids is 1. The molecular formula is C19H28N4O4S2. The summed E-state index contributed by atoms with van der Waals surface area (Å²) in [6.45, 7) is 9.68. The summed E-state index contributed by atoms with van der Waals surface area (Å²) >= 11 is 1.43. The molecular weight excluding hydrogens is 412 g/mol. The minimum Gasteiger partial charge on any atom is -0.378 e. The molecule has 10 heteroatoms. The van der Waals surface area contributed by atoms with Crippen molar-refractivity contribution in [2.45, 2.75) is 51.1 Å². The van der Waals surface area contributed by atoms with Crippen LogP contribution in [0.15, 0.2) is 22.5 Å². The first-order valence-electron chi connectivity index (χ1n) is 9.63. The van der Waals surface area contributed by atoms with Crippen molar-refractivity contribution in [1.82, 2.24) is 19.2 Å². The molecule has 0 radical (unpaired) electrons. The van der Waals surface area contributed by atoms with Crippen molar-refractivity contribution in [1.29, 1.82) is 0 Å². The van der Waals surface area contributed by atoms with Gasteiger partial charge in [-0.3, -0.25) is 4.79 Å². The van der Waals surface area contributed by atoms with Crippen LogP contribution < -0.4 is 4.72 Å². The first-order chi connectivity index (χ1) is 13.6. The van der Waals surface area contributed by atoms with E-state index in [2.05, 4.69) is 9.71 Å². The predicted octanol–water partition coefficient (Wildman–Crippen LogP) is 2.25. The lowest BCUT2D eigenvalue weighted by Gasteiger charge is -2.27. The number of thiazole rings is 1. The van der Waals surface area contributed by atoms with Crippen LogP contribution in [-0.4, -0.2) is 60.6 Å². The van der Waals surface area contributed by atoms with Gasteiger partial charge in [-0.1, -0.05) is 6.92 Å². The van der Waals surface area contributed by atoms with Crippen LogP contribution in [0.3, 0.4) is 0 Å². The SMILES string of the molecule is CCC(C)(C)NS(=O)(=O)c1cc(-c2nc(C)cs2)n(CC(=O)N2CCOCC2)c1. The van der Waals surface area contributed by atoms with Crippen LogP contribution in [0, 0.1) is 6.92 Å². The second-order valence-corrected chi connectivity index (χ2v) is 10.4. The molecule has 3 rings (SSSR count). The zero-order valence-corrected chi connectivity index (χ0v) is 18.9. The topological polar surface area (TPSA) is 93.5 Å². The van der Waals surface area contributed by atoms with Gasteiger partial charge in [-0.2, -0.15) is 0 Å². The number of ether oxygens (including phenoxy) is 1. The zero-order valence-electron chi connectivity index (χ0n) is 17.3. The lowest BCUT2D eigenvalue weighted by atomic mass is 10.0. The van der Waals surface area contributed by atoms with E-state index >= 15 is 0 Å². The number of morpholine rings is 1. The maximum Gasteiger partial charge on any atom is 0.242 e. The van der Waals surface area contributed by atoms with Gasteiger partial charge in [-0.15, -0.1) is 11.3 Å². The molecule has 1 aliphatic heterocycles. The first-order valence-corrected chi connectivity index (χ1v) is 12.0. The van der Waals surface area contributed by atoms with Gasteiger partial charge in [0.2, 0.25) is 15.9 Å². The fourth-order valence-electron chi connectivity index (χ4n) is 2.97. The van der Waals surface area contributed by atoms with E-state index in [1.165, 1.54) is 17.5 Å². The number of nitrogens with one attached hydrogen (secondary N) is 1. The van der Waals surface area contributed by atoms with Gasteiger partial charge < -0.3 is 14.2 Å². The quantitative estimate of drug-likeness (QED) is 0.713. The van der Waals surface area contributed by atoms with E-state index in [-0.39, 0.29) is 17.3 Å². The number of aromatic nitrogens is 2. The average Bonchev–Trinajstić information content (AvgIpc) is 3.28. The fourth-order valence-corrected chi connectivity index (χ4v) is 5.32. The molecule has 0 unspecified atom stereocenters. The van der Waals surface area contributed by atoms with Crippen molar-refractivity contribution in [2.24, 2.45) is 0 Å². The lowest BCUT2D eigenvalue weighted by molar-refractivity contribution is -0.135. The number of aryl methyl sites for hydroxylation is 1. The monoisotopic (exact) mass is 440 g/mol. The Kier molecular flexibility index (Phi) is 6.47. The molecule has 8 nitrogen and oxygen atoms in total. The van der Waals surface area contributed by atoms with Crippen LogP contribution in [0.4, 0.5) is 0 Å². The molecule has 3 heterocycles. The highest BCUT2D eigenvalue weighted by Gasteiger charge is 2.28. The Morgan fingerprint density at radius 3 is 2.62 bits per heavy atom. The number of sulfonamides is 1. The molecule has 0 aromatic carbocycles. The lowest BCUT2D eigenvalue weighted by Crippen LogP contribution is -2.42. The second kappa shape index (κ2) is 8.55. The van der Waals surface area contributed by atoms with Gasteiger partial charge in [0.15, 0.2) is 0 Å². The van der Waals surface area contributed by atoms with E-state index < -0.39 is 15.6 Å². The molecule has 1 N–H and O–H groups in total. The molecule has 0 saturated carbocycles. The molecule has 2 aromatic rings. The number of hydrogen-bond donors (Lipinski definition) is 1. The second-order valence-electron chi connectivity index (χ2n) is 7.82. The zero-order chi connectivity index (χ0) is 21.2. The number of carbonyl (C=O) groups is 1. The van der Waals surface area contributed by atoms with Crippen LogP contribution in [0.5, 0.6) is 0 Å². The van der Waals surface area contributed by atoms with Crippen LogP contribution in [0.25, 0.3) is 10.7 Å². The Hall–Kier alpha value is -1.75. The van der Waals surface area contributed by atoms with Gasteiger partial charge in [0.05, 0.1) is 18.9 Å². The Bertz CT molecular complexity index is 972. The predicted molar refractivity (Wildman–Crippen MR) is 112 cm³/mol. The Morgan fingerprint density at radius 2 is 2.03 bits per heavy atom. The minimum absolute atomic E-state index is 0.0562. The third kappa shape index (κ3) is 5.25. The van der Waals surface area contributed by atoms with Crippen molar-refractivity contribution in [2.75, 3.05) is 26.3 Å². The summed E-state index contributed by atoms with van der Waals surface area (Å²) in [5, 5.41) is 2.59. The Labute approximate surface area is 175 Å². The van der Waals surface area contributed by atoms with Crippen LogP contribution in [0.2, 0.25) is 0 Å². The van der Waals surface area contributed by atoms with Gasteiger partial charge in [0.25, 0.3) is 0 Å². The van der Waals surface area contributed by atoms with E-state index in [1.54, 1.807) is 15.5 Å². The van der Waals surface area contributed by atoms with Crippen molar-refractivity contribution in [3.8, 4) is 10.7 Å². The third-order valence-electron chi connectivity index (χ3n) is 4.98. The third-order valence-corrected chi connectivity index (χ3v) is 7.63. The molecule has 160 valence electrons. The van der Waals surface area contributed by atoms with E-state index in [4.69, 9.17) is 4.74 Å². The summed E-state index contributed by atoms with van der Waals surface area (Å²) in [7, 11) is -3.73. The molecule has 0 atom stereocenters. The van der Waals surface area contributed by atoms with Gasteiger partial charge in [0, 0.05) is 35.9 Å². The van der Waals surface area contributed by atoms with Gasteiger partial charge in [-0.25, -0.2) is 18.1 Å². The van der Waals surface area contributed by atoms with E-state index in [0.717, 1.165) is 5.69 Å². The minimum atomic E-state index is -3.73. The Morgan fingerprint density at radius 1 is 1.34 bits per heavy atom. The summed E-state index contributed by atoms with van der Waals surface area (Å²) in [5.41, 5.74) is 0.911. The Balaban J connectivity index is 1.94. The van der Waals surface area contributed by atoms with Crippen molar-refractivity contribution in [3.63, 3.8) is 0 Å². The summed E-state index contributed by atoms with van der Waals surface area (Å²) in [5.74, 6) is -0.0655. The number of rotatable bonds is 7. The number of nitrogens with zero attached hydrogens (tertiary/aromatic N) is 3. The van der Waals surface area contributed by atoms with Crippen molar-refractivity contribution >= 4 is 27.3 Å². The highest BCUT2D eigenvalue weighted by molar-refractivity contribution is 7.89. The molecule has 1 amide bonds. The standard InChI is InChI=1S/C19H28N4O4S2/c1-5-19(3,4)21-29(25,26)15-10-16(18-20-14(2)13-28-18)23(11-15)12-17(24)22-6-8-27-9-7-22/h10-11,13,21H,5-9,12H2,1-4H3. The largest absolute Gasteiger partial charge is 0.378 e. The van der Waals surface area contributed by atoms with Gasteiger partial charge in [-0.05, 0) is 33.3 Å². The molecule has 0 aliphatic carbocycles. The van der Waals surface area contributed by atoms with E-state index in [1.807, 2.05) is 33.1 Å². The number of amides is 1. The highest BCUT2D eigenvalue weighted by Crippen LogP contribution is 2.28. The molecule has 1 aliphatic rings. The molecule has 2 aromatic heterocycles. The highest BCUT2D eigenvalue weighted by atomic mass is 32.2. The van der Waals surface area contributed by atoms with Crippen LogP contribution in [0.1, 0.15) is 32.9 Å². The summed E-state index contributed by atoms with van der Waals surface area (Å²) in [6, 6.07) is 1.60. The van der Waals surface area contributed by atoms with Crippen LogP contribution >= 0.6 is 11.3 Å². The maximum atomic E-state index is 12.9. The smallest absolute Gasteiger partial charge is 0.242 e. The van der Waals surface area contributed by atoms with Crippen molar-refractivity contribution in [3.05, 3.63) is 23.3 Å². The first kappa shape index (κ1) is 21.9. The van der Waals surface area contributed by atoms with E-state index in [9.17, 15) is 13.2 Å². The maximum absolute atomic E-state index is 12.9. The van der Waals surface area contributed by atoms with E-state index in [0.29, 0.717) is 43.4 Å². The summed E-state index contributed by atoms with van der Waals surface area (Å²) in [6.07, 6.45) is 2.18. The summed E-state index contributed by atoms with van der Waals surface area (Å²) < 4.78 is 35.6. The normalized spacial score (nSPS) is 15.7. The number of hydrogen-bond acceptors (Lipinski definition) is 6. The van der Waals surface area contributed by atoms with Crippen molar-refractivity contribution < 1.29 is 17.9 Å². The molecule has 0 spiro atoms. The average molecular weight is 441 g/mol. The molecule has 1 fully saturated rings. The van der Waals surface area contributed by atoms with Gasteiger partial charge in [0.1, 0.15) is 16.4 Å². The van der Waals surface area contributed by atoms with Crippen LogP contribution in [-0.2, 0) is 26.1 Å². The molecule has 0 bridgehead atoms. The van der Waals surface area contributed by atoms with Gasteiger partial charge >= 0.3 is 0 Å².